The van der Waals surface area contributed by atoms with Crippen LogP contribution < -0.4 is 10.2 Å². The Morgan fingerprint density at radius 2 is 1.25 bits per heavy atom. The first kappa shape index (κ1) is 42.2. The number of nitrogens with zero attached hydrogens (tertiary/aromatic N) is 9. The van der Waals surface area contributed by atoms with Crippen LogP contribution in [0.1, 0.15) is 72.2 Å². The number of rotatable bonds is 13. The summed E-state index contributed by atoms with van der Waals surface area (Å²) in [5.41, 5.74) is 14.1. The van der Waals surface area contributed by atoms with E-state index in [0.29, 0.717) is 33.7 Å². The number of fused-ring (bicyclic) bond motifs is 2. The van der Waals surface area contributed by atoms with Crippen molar-refractivity contribution in [1.82, 2.24) is 24.7 Å². The lowest BCUT2D eigenvalue weighted by Gasteiger charge is -2.28. The second kappa shape index (κ2) is 18.0. The van der Waals surface area contributed by atoms with E-state index in [1.807, 2.05) is 67.6 Å². The third kappa shape index (κ3) is 7.93. The van der Waals surface area contributed by atoms with Crippen LogP contribution in [0.5, 0.6) is 0 Å². The van der Waals surface area contributed by atoms with Gasteiger partial charge in [-0.05, 0) is 105 Å². The largest absolute Gasteiger partial charge is 0.338 e. The molecule has 0 atom stereocenters. The maximum Gasteiger partial charge on any atom is 0.213 e. The molecule has 318 valence electrons. The van der Waals surface area contributed by atoms with Crippen LogP contribution in [0.4, 0.5) is 39.6 Å². The first-order chi connectivity index (χ1) is 31.2. The van der Waals surface area contributed by atoms with Crippen LogP contribution in [0, 0.1) is 32.1 Å². The number of aryl methyl sites for hydroxylation is 7. The van der Waals surface area contributed by atoms with Gasteiger partial charge in [-0.3, -0.25) is 4.90 Å². The van der Waals surface area contributed by atoms with Crippen molar-refractivity contribution >= 4 is 82.8 Å². The fourth-order valence-electron chi connectivity index (χ4n) is 8.36. The summed E-state index contributed by atoms with van der Waals surface area (Å²) >= 11 is 3.13. The van der Waals surface area contributed by atoms with E-state index in [1.54, 1.807) is 16.0 Å². The monoisotopic (exact) mass is 876 g/mol. The molecule has 0 amide bonds. The van der Waals surface area contributed by atoms with Gasteiger partial charge in [0.25, 0.3) is 0 Å². The second-order valence-corrected chi connectivity index (χ2v) is 17.8. The summed E-state index contributed by atoms with van der Waals surface area (Å²) in [5.74, 6) is 1.52. The van der Waals surface area contributed by atoms with Crippen molar-refractivity contribution in [3.05, 3.63) is 154 Å². The van der Waals surface area contributed by atoms with Crippen molar-refractivity contribution in [1.29, 1.82) is 5.26 Å². The molecule has 5 aromatic carbocycles. The van der Waals surface area contributed by atoms with E-state index < -0.39 is 0 Å². The van der Waals surface area contributed by atoms with Gasteiger partial charge in [0.1, 0.15) is 28.8 Å². The quantitative estimate of drug-likeness (QED) is 0.115. The van der Waals surface area contributed by atoms with Gasteiger partial charge in [-0.25, -0.2) is 15.0 Å². The van der Waals surface area contributed by atoms with E-state index in [-0.39, 0.29) is 5.82 Å². The Hall–Kier alpha value is -7.07. The molecule has 0 bridgehead atoms. The summed E-state index contributed by atoms with van der Waals surface area (Å²) in [6, 6.07) is 39.5. The lowest BCUT2D eigenvalue weighted by atomic mass is 9.98. The number of nitrogens with one attached hydrogen (secondary N) is 1. The van der Waals surface area contributed by atoms with Gasteiger partial charge in [0.15, 0.2) is 16.8 Å². The van der Waals surface area contributed by atoms with Gasteiger partial charge in [-0.1, -0.05) is 140 Å². The van der Waals surface area contributed by atoms with Crippen molar-refractivity contribution in [2.75, 3.05) is 10.2 Å². The standard InChI is InChI=1S/C52H48N10S2/c1-8-34-25-31(5)26-35(9-2)46(34)57-49-45(58-59-50-39(30-53)47(38-19-13-12-14-20-38)60-62(50)52-55-41-22-16-18-24-43(41)64-52)33(7)29-44(56-49)61(51-54-40-21-15-17-23-42(40)63-51)48-36(10-3)27-32(6)28-37(48)11-4/h12-29H,8-11H2,1-7H3,(H,56,57)/b59-58+. The molecule has 12 heteroatoms. The van der Waals surface area contributed by atoms with Gasteiger partial charge in [-0.2, -0.15) is 15.0 Å². The number of benzene rings is 5. The topological polar surface area (TPSA) is 120 Å². The Morgan fingerprint density at radius 1 is 0.672 bits per heavy atom. The van der Waals surface area contributed by atoms with Crippen molar-refractivity contribution in [3.8, 4) is 22.5 Å². The minimum Gasteiger partial charge on any atom is -0.338 e. The highest BCUT2D eigenvalue weighted by atomic mass is 32.1. The maximum absolute atomic E-state index is 10.8. The van der Waals surface area contributed by atoms with Gasteiger partial charge in [0, 0.05) is 11.3 Å². The van der Waals surface area contributed by atoms with Crippen LogP contribution in [0.25, 0.3) is 36.8 Å². The molecule has 64 heavy (non-hydrogen) atoms. The first-order valence-electron chi connectivity index (χ1n) is 21.8. The van der Waals surface area contributed by atoms with E-state index in [4.69, 9.17) is 30.3 Å². The highest BCUT2D eigenvalue weighted by molar-refractivity contribution is 7.22. The fraction of sp³-hybridized carbons (Fsp3) is 0.212. The van der Waals surface area contributed by atoms with Crippen molar-refractivity contribution in [3.63, 3.8) is 0 Å². The number of hydrogen-bond donors (Lipinski definition) is 1. The first-order valence-corrected chi connectivity index (χ1v) is 23.4. The molecule has 0 spiro atoms. The molecule has 10 nitrogen and oxygen atoms in total. The van der Waals surface area contributed by atoms with E-state index in [9.17, 15) is 5.26 Å². The molecule has 4 aromatic heterocycles. The number of nitriles is 1. The van der Waals surface area contributed by atoms with Gasteiger partial charge in [0.05, 0.1) is 26.1 Å². The predicted molar refractivity (Wildman–Crippen MR) is 265 cm³/mol. The molecule has 0 aliphatic heterocycles. The Balaban J connectivity index is 1.29. The summed E-state index contributed by atoms with van der Waals surface area (Å²) in [4.78, 5) is 18.0. The van der Waals surface area contributed by atoms with Crippen LogP contribution in [-0.4, -0.2) is 24.7 Å². The zero-order valence-corrected chi connectivity index (χ0v) is 38.7. The zero-order chi connectivity index (χ0) is 44.5. The number of thiazole rings is 2. The van der Waals surface area contributed by atoms with Crippen LogP contribution in [0.2, 0.25) is 0 Å². The van der Waals surface area contributed by atoms with Gasteiger partial charge >= 0.3 is 0 Å². The molecule has 0 radical (unpaired) electrons. The summed E-state index contributed by atoms with van der Waals surface area (Å²) in [6.07, 6.45) is 3.31. The van der Waals surface area contributed by atoms with Gasteiger partial charge in [0.2, 0.25) is 5.13 Å². The summed E-state index contributed by atoms with van der Waals surface area (Å²) in [7, 11) is 0. The predicted octanol–water partition coefficient (Wildman–Crippen LogP) is 14.8. The van der Waals surface area contributed by atoms with E-state index >= 15 is 0 Å². The maximum atomic E-state index is 10.8. The second-order valence-electron chi connectivity index (χ2n) is 15.8. The Morgan fingerprint density at radius 3 is 1.84 bits per heavy atom. The van der Waals surface area contributed by atoms with Crippen LogP contribution in [-0.2, 0) is 25.7 Å². The highest BCUT2D eigenvalue weighted by Gasteiger charge is 2.27. The molecule has 0 unspecified atom stereocenters. The molecular weight excluding hydrogens is 829 g/mol. The lowest BCUT2D eigenvalue weighted by molar-refractivity contribution is 0.866. The Bertz CT molecular complexity index is 3150. The minimum absolute atomic E-state index is 0.282. The third-order valence-corrected chi connectivity index (χ3v) is 13.5. The van der Waals surface area contributed by atoms with E-state index in [0.717, 1.165) is 73.7 Å². The molecule has 0 saturated heterocycles. The number of para-hydroxylation sites is 2. The Kier molecular flexibility index (Phi) is 11.9. The van der Waals surface area contributed by atoms with E-state index in [1.165, 1.54) is 44.7 Å². The molecule has 1 N–H and O–H groups in total. The summed E-state index contributed by atoms with van der Waals surface area (Å²) in [5, 5.41) is 31.0. The molecular formula is C52H48N10S2. The Labute approximate surface area is 381 Å². The molecule has 9 aromatic rings. The number of pyridine rings is 1. The zero-order valence-electron chi connectivity index (χ0n) is 37.1. The summed E-state index contributed by atoms with van der Waals surface area (Å²) in [6.45, 7) is 15.1. The number of anilines is 5. The molecule has 0 saturated carbocycles. The van der Waals surface area contributed by atoms with Crippen molar-refractivity contribution in [2.24, 2.45) is 10.2 Å². The van der Waals surface area contributed by atoms with Crippen LogP contribution in [0.15, 0.2) is 119 Å². The molecule has 0 aliphatic rings. The highest BCUT2D eigenvalue weighted by Crippen LogP contribution is 2.46. The molecule has 4 heterocycles. The lowest BCUT2D eigenvalue weighted by Crippen LogP contribution is -2.17. The molecule has 0 fully saturated rings. The molecule has 9 rings (SSSR count). The normalized spacial score (nSPS) is 11.5. The average molecular weight is 877 g/mol. The van der Waals surface area contributed by atoms with Crippen molar-refractivity contribution in [2.45, 2.75) is 74.1 Å². The van der Waals surface area contributed by atoms with Crippen LogP contribution in [0.3, 0.4) is 0 Å². The smallest absolute Gasteiger partial charge is 0.213 e. The summed E-state index contributed by atoms with van der Waals surface area (Å²) < 4.78 is 3.74. The number of azo groups is 1. The number of aromatic nitrogens is 5. The molecule has 0 aliphatic carbocycles. The van der Waals surface area contributed by atoms with Gasteiger partial charge in [-0.15, -0.1) is 10.2 Å². The number of hydrogen-bond acceptors (Lipinski definition) is 11. The average Bonchev–Trinajstić information content (AvgIpc) is 4.05. The fourth-order valence-corrected chi connectivity index (χ4v) is 10.3. The van der Waals surface area contributed by atoms with Crippen molar-refractivity contribution < 1.29 is 0 Å². The van der Waals surface area contributed by atoms with E-state index in [2.05, 4.69) is 106 Å². The van der Waals surface area contributed by atoms with Crippen LogP contribution >= 0.6 is 22.7 Å². The third-order valence-electron chi connectivity index (χ3n) is 11.5. The SMILES string of the molecule is CCc1cc(C)cc(CC)c1Nc1nc(N(c2nc3ccccc3s2)c2c(CC)cc(C)cc2CC)cc(C)c1/N=N/c1c(C#N)c(-c2ccccc2)nn1-c1nc2ccccc2s1. The van der Waals surface area contributed by atoms with Gasteiger partial charge < -0.3 is 5.32 Å². The minimum atomic E-state index is 0.282.